The molecule has 5 nitrogen and oxygen atoms in total. The second-order valence-corrected chi connectivity index (χ2v) is 7.76. The number of rotatable bonds is 5. The first kappa shape index (κ1) is 19.2. The zero-order valence-electron chi connectivity index (χ0n) is 14.7. The lowest BCUT2D eigenvalue weighted by atomic mass is 9.89. The zero-order valence-corrected chi connectivity index (χ0v) is 16.3. The molecule has 0 bridgehead atoms. The molecule has 0 unspecified atom stereocenters. The van der Waals surface area contributed by atoms with Gasteiger partial charge in [-0.05, 0) is 36.1 Å². The third-order valence-electron chi connectivity index (χ3n) is 5.62. The summed E-state index contributed by atoms with van der Waals surface area (Å²) in [6, 6.07) is 8.02. The van der Waals surface area contributed by atoms with Crippen molar-refractivity contribution in [2.24, 2.45) is 13.0 Å². The Kier molecular flexibility index (Phi) is 5.61. The molecule has 4 rings (SSSR count). The maximum atomic E-state index is 12.8. The SMILES string of the molecule is Cl.Cn1cc([C@H]2CNC[C@@H]2C(=O)NCC2(c3ccc(Cl)cc3)CC2)cn1. The number of nitrogens with zero attached hydrogens (tertiary/aromatic N) is 2. The molecule has 26 heavy (non-hydrogen) atoms. The van der Waals surface area contributed by atoms with Crippen LogP contribution in [-0.2, 0) is 17.3 Å². The van der Waals surface area contributed by atoms with Crippen LogP contribution in [0.15, 0.2) is 36.7 Å². The molecule has 0 spiro atoms. The van der Waals surface area contributed by atoms with E-state index in [1.54, 1.807) is 4.68 Å². The van der Waals surface area contributed by atoms with Crippen LogP contribution in [0.25, 0.3) is 0 Å². The van der Waals surface area contributed by atoms with Gasteiger partial charge in [0.2, 0.25) is 5.91 Å². The number of carbonyl (C=O) groups is 1. The third kappa shape index (κ3) is 3.75. The van der Waals surface area contributed by atoms with E-state index in [4.69, 9.17) is 11.6 Å². The molecule has 1 aliphatic heterocycles. The fourth-order valence-corrected chi connectivity index (χ4v) is 3.97. The normalized spacial score (nSPS) is 23.3. The van der Waals surface area contributed by atoms with Gasteiger partial charge in [-0.15, -0.1) is 12.4 Å². The van der Waals surface area contributed by atoms with Gasteiger partial charge >= 0.3 is 0 Å². The lowest BCUT2D eigenvalue weighted by molar-refractivity contribution is -0.124. The molecule has 1 aromatic heterocycles. The summed E-state index contributed by atoms with van der Waals surface area (Å²) < 4.78 is 1.79. The molecule has 2 aliphatic rings. The summed E-state index contributed by atoms with van der Waals surface area (Å²) in [4.78, 5) is 12.8. The number of hydrogen-bond donors (Lipinski definition) is 2. The second-order valence-electron chi connectivity index (χ2n) is 7.32. The monoisotopic (exact) mass is 394 g/mol. The highest BCUT2D eigenvalue weighted by atomic mass is 35.5. The first-order chi connectivity index (χ1) is 12.1. The number of amides is 1. The van der Waals surface area contributed by atoms with Crippen molar-refractivity contribution in [3.8, 4) is 0 Å². The molecular weight excluding hydrogens is 371 g/mol. The van der Waals surface area contributed by atoms with Gasteiger partial charge in [0.15, 0.2) is 0 Å². The van der Waals surface area contributed by atoms with Crippen LogP contribution < -0.4 is 10.6 Å². The van der Waals surface area contributed by atoms with Crippen molar-refractivity contribution in [2.45, 2.75) is 24.2 Å². The highest BCUT2D eigenvalue weighted by Crippen LogP contribution is 2.47. The molecule has 1 aromatic carbocycles. The van der Waals surface area contributed by atoms with Crippen LogP contribution in [-0.4, -0.2) is 35.3 Å². The molecule has 0 radical (unpaired) electrons. The summed E-state index contributed by atoms with van der Waals surface area (Å²) in [5.74, 6) is 0.295. The molecule has 2 atom stereocenters. The average molecular weight is 395 g/mol. The van der Waals surface area contributed by atoms with Gasteiger partial charge in [0, 0.05) is 49.2 Å². The van der Waals surface area contributed by atoms with Gasteiger partial charge in [-0.25, -0.2) is 0 Å². The molecule has 1 aliphatic carbocycles. The van der Waals surface area contributed by atoms with Gasteiger partial charge in [-0.3, -0.25) is 9.48 Å². The van der Waals surface area contributed by atoms with Gasteiger partial charge in [0.25, 0.3) is 0 Å². The lowest BCUT2D eigenvalue weighted by Gasteiger charge is -2.21. The third-order valence-corrected chi connectivity index (χ3v) is 5.87. The van der Waals surface area contributed by atoms with Gasteiger partial charge in [0.05, 0.1) is 12.1 Å². The summed E-state index contributed by atoms with van der Waals surface area (Å²) in [6.45, 7) is 2.25. The Hall–Kier alpha value is -1.56. The fraction of sp³-hybridized carbons (Fsp3) is 0.474. The first-order valence-corrected chi connectivity index (χ1v) is 9.18. The number of benzene rings is 1. The zero-order chi connectivity index (χ0) is 17.4. The topological polar surface area (TPSA) is 59.0 Å². The number of carbonyl (C=O) groups excluding carboxylic acids is 1. The van der Waals surface area contributed by atoms with Crippen molar-refractivity contribution in [1.29, 1.82) is 0 Å². The van der Waals surface area contributed by atoms with Crippen molar-refractivity contribution >= 4 is 29.9 Å². The minimum absolute atomic E-state index is 0. The van der Waals surface area contributed by atoms with Crippen LogP contribution in [0.5, 0.6) is 0 Å². The van der Waals surface area contributed by atoms with Crippen LogP contribution in [0.4, 0.5) is 0 Å². The number of hydrogen-bond acceptors (Lipinski definition) is 3. The Morgan fingerprint density at radius 2 is 2.08 bits per heavy atom. The summed E-state index contributed by atoms with van der Waals surface area (Å²) in [6.07, 6.45) is 6.11. The molecule has 2 fully saturated rings. The van der Waals surface area contributed by atoms with E-state index < -0.39 is 0 Å². The van der Waals surface area contributed by atoms with E-state index >= 15 is 0 Å². The molecule has 7 heteroatoms. The molecule has 140 valence electrons. The van der Waals surface area contributed by atoms with Gasteiger partial charge in [-0.1, -0.05) is 23.7 Å². The van der Waals surface area contributed by atoms with E-state index in [1.807, 2.05) is 31.6 Å². The van der Waals surface area contributed by atoms with E-state index in [2.05, 4.69) is 27.9 Å². The van der Waals surface area contributed by atoms with Crippen LogP contribution in [0.2, 0.25) is 5.02 Å². The minimum Gasteiger partial charge on any atom is -0.355 e. The van der Waals surface area contributed by atoms with Crippen LogP contribution in [0.3, 0.4) is 0 Å². The Labute approximate surface area is 164 Å². The van der Waals surface area contributed by atoms with E-state index in [0.717, 1.165) is 36.5 Å². The van der Waals surface area contributed by atoms with Crippen molar-refractivity contribution in [3.63, 3.8) is 0 Å². The lowest BCUT2D eigenvalue weighted by Crippen LogP contribution is -2.38. The highest BCUT2D eigenvalue weighted by Gasteiger charge is 2.45. The van der Waals surface area contributed by atoms with Crippen molar-refractivity contribution < 1.29 is 4.79 Å². The first-order valence-electron chi connectivity index (χ1n) is 8.80. The van der Waals surface area contributed by atoms with Crippen LogP contribution in [0, 0.1) is 5.92 Å². The second kappa shape index (κ2) is 7.59. The standard InChI is InChI=1S/C19H23ClN4O.ClH/c1-24-11-13(8-23-24)16-9-21-10-17(16)18(25)22-12-19(6-7-19)14-2-4-15(20)5-3-14;/h2-5,8,11,16-17,21H,6-7,9-10,12H2,1H3,(H,22,25);1H/t16-,17+;/m1./s1. The Balaban J connectivity index is 0.00000196. The molecule has 1 amide bonds. The summed E-state index contributed by atoms with van der Waals surface area (Å²) in [7, 11) is 1.91. The van der Waals surface area contributed by atoms with Gasteiger partial charge in [0.1, 0.15) is 0 Å². The maximum Gasteiger partial charge on any atom is 0.225 e. The molecule has 2 heterocycles. The summed E-state index contributed by atoms with van der Waals surface area (Å²) in [5.41, 5.74) is 2.49. The van der Waals surface area contributed by atoms with E-state index in [1.165, 1.54) is 5.56 Å². The summed E-state index contributed by atoms with van der Waals surface area (Å²) >= 11 is 5.99. The summed E-state index contributed by atoms with van der Waals surface area (Å²) in [5, 5.41) is 11.6. The quantitative estimate of drug-likeness (QED) is 0.819. The van der Waals surface area contributed by atoms with Gasteiger partial charge < -0.3 is 10.6 Å². The Morgan fingerprint density at radius 3 is 2.69 bits per heavy atom. The number of nitrogens with one attached hydrogen (secondary N) is 2. The van der Waals surface area contributed by atoms with Crippen molar-refractivity contribution in [2.75, 3.05) is 19.6 Å². The number of halogens is 2. The molecule has 1 saturated carbocycles. The maximum absolute atomic E-state index is 12.8. The highest BCUT2D eigenvalue weighted by molar-refractivity contribution is 6.30. The number of aromatic nitrogens is 2. The Morgan fingerprint density at radius 1 is 1.35 bits per heavy atom. The average Bonchev–Trinajstić information content (AvgIpc) is 3.03. The van der Waals surface area contributed by atoms with Crippen LogP contribution in [0.1, 0.15) is 29.9 Å². The van der Waals surface area contributed by atoms with E-state index in [0.29, 0.717) is 6.54 Å². The van der Waals surface area contributed by atoms with Gasteiger partial charge in [-0.2, -0.15) is 5.10 Å². The Bertz CT molecular complexity index is 770. The fourth-order valence-electron chi connectivity index (χ4n) is 3.85. The van der Waals surface area contributed by atoms with E-state index in [9.17, 15) is 4.79 Å². The van der Waals surface area contributed by atoms with E-state index in [-0.39, 0.29) is 35.6 Å². The smallest absolute Gasteiger partial charge is 0.225 e. The molecule has 2 N–H and O–H groups in total. The number of aryl methyl sites for hydroxylation is 1. The predicted molar refractivity (Wildman–Crippen MR) is 105 cm³/mol. The molecule has 1 saturated heterocycles. The van der Waals surface area contributed by atoms with Crippen molar-refractivity contribution in [1.82, 2.24) is 20.4 Å². The van der Waals surface area contributed by atoms with Crippen molar-refractivity contribution in [3.05, 3.63) is 52.8 Å². The van der Waals surface area contributed by atoms with Crippen LogP contribution >= 0.6 is 24.0 Å². The minimum atomic E-state index is -0.0368. The molecule has 2 aromatic rings. The molecular formula is C19H24Cl2N4O. The predicted octanol–water partition coefficient (Wildman–Crippen LogP) is 2.65. The largest absolute Gasteiger partial charge is 0.355 e.